The van der Waals surface area contributed by atoms with E-state index in [4.69, 9.17) is 23.4 Å². The SMILES string of the molecule is [2H]c1c([2H])c([2H])c(-c2cccc(-c3c([2H])c([2H])c([2H])c([2H])c3[2H])c2-[n+]2cn(-c3cccc(Oc4ccc5c6ccccc6n(-c6cc(C(C)(C)C)c(-c7ccccc7)cn6)c5c4)c3)c3ccccc32)c([2H])c1[2H]. The van der Waals surface area contributed by atoms with Crippen molar-refractivity contribution < 1.29 is 23.0 Å². The third-order valence-corrected chi connectivity index (χ3v) is 11.4. The Kier molecular flexibility index (Phi) is 7.00. The second-order valence-corrected chi connectivity index (χ2v) is 16.4. The van der Waals surface area contributed by atoms with Crippen molar-refractivity contribution in [3.63, 3.8) is 0 Å². The predicted molar refractivity (Wildman–Crippen MR) is 258 cm³/mol. The summed E-state index contributed by atoms with van der Waals surface area (Å²) in [6.07, 6.45) is 3.75. The topological polar surface area (TPSA) is 35.9 Å². The molecule has 5 heteroatoms. The van der Waals surface area contributed by atoms with Gasteiger partial charge in [0.05, 0.1) is 24.7 Å². The molecule has 0 amide bonds. The Labute approximate surface area is 381 Å². The number of para-hydroxylation sites is 4. The summed E-state index contributed by atoms with van der Waals surface area (Å²) in [7, 11) is 0. The van der Waals surface area contributed by atoms with Crippen molar-refractivity contribution in [2.45, 2.75) is 26.2 Å². The molecular weight excluding hydrogens is 769 g/mol. The van der Waals surface area contributed by atoms with Gasteiger partial charge < -0.3 is 4.74 Å². The molecule has 5 nitrogen and oxygen atoms in total. The lowest BCUT2D eigenvalue weighted by Gasteiger charge is -2.24. The molecule has 0 aliphatic carbocycles. The Morgan fingerprint density at radius 2 is 1.17 bits per heavy atom. The lowest BCUT2D eigenvalue weighted by Crippen LogP contribution is -2.30. The van der Waals surface area contributed by atoms with Crippen LogP contribution in [-0.4, -0.2) is 14.1 Å². The summed E-state index contributed by atoms with van der Waals surface area (Å²) in [5.41, 5.74) is 7.48. The number of hydrogen-bond acceptors (Lipinski definition) is 2. The number of pyridine rings is 1. The van der Waals surface area contributed by atoms with E-state index in [2.05, 4.69) is 61.7 Å². The molecule has 8 aromatic carbocycles. The Balaban J connectivity index is 1.06. The quantitative estimate of drug-likeness (QED) is 0.143. The summed E-state index contributed by atoms with van der Waals surface area (Å²) < 4.78 is 99.8. The average molecular weight is 824 g/mol. The van der Waals surface area contributed by atoms with Crippen molar-refractivity contribution in [3.8, 4) is 62.1 Å². The monoisotopic (exact) mass is 823 g/mol. The van der Waals surface area contributed by atoms with Gasteiger partial charge in [0.2, 0.25) is 0 Å². The smallest absolute Gasteiger partial charge is 0.255 e. The maximum Gasteiger partial charge on any atom is 0.255 e. The van der Waals surface area contributed by atoms with Crippen LogP contribution in [0.15, 0.2) is 219 Å². The summed E-state index contributed by atoms with van der Waals surface area (Å²) in [6.45, 7) is 6.64. The van der Waals surface area contributed by atoms with Gasteiger partial charge in [-0.3, -0.25) is 4.57 Å². The number of aromatic nitrogens is 4. The van der Waals surface area contributed by atoms with Crippen LogP contribution in [0.5, 0.6) is 11.5 Å². The van der Waals surface area contributed by atoms with E-state index < -0.39 is 60.4 Å². The minimum atomic E-state index is -0.559. The predicted octanol–water partition coefficient (Wildman–Crippen LogP) is 14.5. The molecule has 0 aliphatic rings. The van der Waals surface area contributed by atoms with Gasteiger partial charge in [0, 0.05) is 45.8 Å². The number of imidazole rings is 1. The third-order valence-electron chi connectivity index (χ3n) is 11.4. The molecule has 0 aliphatic heterocycles. The number of fused-ring (bicyclic) bond motifs is 4. The van der Waals surface area contributed by atoms with Crippen LogP contribution >= 0.6 is 0 Å². The normalized spacial score (nSPS) is 14.0. The molecule has 0 spiro atoms. The standard InChI is InChI=1S/C58H45N4O/c1-58(2,3)51-37-56(59-38-50(51)42-23-11-6-12-24-42)62-52-30-14-13-27-48(52)49-34-33-45(36-55(49)62)63-44-26-17-25-43(35-44)60-39-61(54-32-16-15-31-53(54)60)57-46(40-19-7-4-8-20-40)28-18-29-47(57)41-21-9-5-10-22-41/h4-39H,1-3H3/q+1/i4D,5D,7D,8D,9D,10D,19D,20D,21D,22D. The summed E-state index contributed by atoms with van der Waals surface area (Å²) in [5, 5.41) is 2.12. The van der Waals surface area contributed by atoms with E-state index in [0.717, 1.165) is 38.8 Å². The van der Waals surface area contributed by atoms with Gasteiger partial charge in [-0.1, -0.05) is 166 Å². The van der Waals surface area contributed by atoms with Crippen LogP contribution in [0.2, 0.25) is 0 Å². The largest absolute Gasteiger partial charge is 0.457 e. The second kappa shape index (κ2) is 15.5. The van der Waals surface area contributed by atoms with Crippen LogP contribution in [0, 0.1) is 0 Å². The highest BCUT2D eigenvalue weighted by molar-refractivity contribution is 6.09. The first-order valence-electron chi connectivity index (χ1n) is 25.7. The fourth-order valence-corrected chi connectivity index (χ4v) is 8.60. The molecular formula is C58H45N4O+. The number of nitrogens with zero attached hydrogens (tertiary/aromatic N) is 4. The summed E-state index contributed by atoms with van der Waals surface area (Å²) in [6, 6.07) is 41.6. The van der Waals surface area contributed by atoms with Gasteiger partial charge in [-0.2, -0.15) is 9.13 Å². The van der Waals surface area contributed by atoms with E-state index >= 15 is 0 Å². The van der Waals surface area contributed by atoms with Crippen molar-refractivity contribution in [1.82, 2.24) is 14.1 Å². The van der Waals surface area contributed by atoms with Crippen LogP contribution in [0.3, 0.4) is 0 Å². The summed E-state index contributed by atoms with van der Waals surface area (Å²) in [4.78, 5) is 5.10. The van der Waals surface area contributed by atoms with Crippen molar-refractivity contribution in [1.29, 1.82) is 0 Å². The first-order chi connectivity index (χ1) is 35.0. The lowest BCUT2D eigenvalue weighted by atomic mass is 9.82. The molecule has 0 fully saturated rings. The van der Waals surface area contributed by atoms with Crippen LogP contribution in [-0.2, 0) is 5.41 Å². The van der Waals surface area contributed by atoms with Gasteiger partial charge >= 0.3 is 0 Å². The zero-order valence-corrected chi connectivity index (χ0v) is 34.7. The first kappa shape index (κ1) is 28.5. The summed E-state index contributed by atoms with van der Waals surface area (Å²) in [5.74, 6) is 1.91. The highest BCUT2D eigenvalue weighted by atomic mass is 16.5. The Hall–Kier alpha value is -8.02. The number of rotatable bonds is 8. The molecule has 0 saturated heterocycles. The first-order valence-corrected chi connectivity index (χ1v) is 20.7. The molecule has 0 bridgehead atoms. The fraction of sp³-hybridized carbons (Fsp3) is 0.0690. The van der Waals surface area contributed by atoms with Crippen LogP contribution in [0.25, 0.3) is 83.4 Å². The van der Waals surface area contributed by atoms with Gasteiger partial charge in [0.1, 0.15) is 28.7 Å². The maximum atomic E-state index is 9.04. The molecule has 302 valence electrons. The van der Waals surface area contributed by atoms with E-state index in [1.54, 1.807) is 29.1 Å². The van der Waals surface area contributed by atoms with Gasteiger partial charge in [-0.05, 0) is 76.2 Å². The number of ether oxygens (including phenoxy) is 1. The Morgan fingerprint density at radius 3 is 1.90 bits per heavy atom. The van der Waals surface area contributed by atoms with Crippen molar-refractivity contribution in [3.05, 3.63) is 224 Å². The van der Waals surface area contributed by atoms with Crippen molar-refractivity contribution in [2.24, 2.45) is 0 Å². The highest BCUT2D eigenvalue weighted by Crippen LogP contribution is 2.39. The second-order valence-electron chi connectivity index (χ2n) is 16.4. The summed E-state index contributed by atoms with van der Waals surface area (Å²) >= 11 is 0. The number of benzene rings is 8. The molecule has 11 rings (SSSR count). The van der Waals surface area contributed by atoms with E-state index in [1.165, 1.54) is 5.56 Å². The molecule has 63 heavy (non-hydrogen) atoms. The minimum absolute atomic E-state index is 0.111. The molecule has 0 N–H and O–H groups in total. The zero-order chi connectivity index (χ0) is 51.2. The van der Waals surface area contributed by atoms with E-state index in [1.807, 2.05) is 102 Å². The highest BCUT2D eigenvalue weighted by Gasteiger charge is 2.26. The molecule has 0 unspecified atom stereocenters. The van der Waals surface area contributed by atoms with Crippen LogP contribution in [0.4, 0.5) is 0 Å². The molecule has 3 aromatic heterocycles. The van der Waals surface area contributed by atoms with Crippen LogP contribution in [0.1, 0.15) is 40.0 Å². The zero-order valence-electron chi connectivity index (χ0n) is 44.7. The van der Waals surface area contributed by atoms with Gasteiger partial charge in [0.15, 0.2) is 11.0 Å². The van der Waals surface area contributed by atoms with Crippen molar-refractivity contribution in [2.75, 3.05) is 0 Å². The van der Waals surface area contributed by atoms with E-state index in [0.29, 0.717) is 28.2 Å². The van der Waals surface area contributed by atoms with Gasteiger partial charge in [-0.15, -0.1) is 0 Å². The lowest BCUT2D eigenvalue weighted by molar-refractivity contribution is -0.566. The van der Waals surface area contributed by atoms with Crippen LogP contribution < -0.4 is 9.30 Å². The van der Waals surface area contributed by atoms with Gasteiger partial charge in [-0.25, -0.2) is 4.98 Å². The van der Waals surface area contributed by atoms with Crippen molar-refractivity contribution >= 4 is 32.8 Å². The number of hydrogen-bond donors (Lipinski definition) is 0. The molecule has 0 atom stereocenters. The third kappa shape index (κ3) is 6.84. The van der Waals surface area contributed by atoms with Gasteiger partial charge in [0.25, 0.3) is 6.33 Å². The average Bonchev–Trinajstić information content (AvgIpc) is 3.94. The minimum Gasteiger partial charge on any atom is -0.457 e. The Bertz CT molecular complexity index is 3920. The fourth-order valence-electron chi connectivity index (χ4n) is 8.60. The molecule has 3 heterocycles. The molecule has 0 saturated carbocycles. The molecule has 11 aromatic rings. The maximum absolute atomic E-state index is 9.04. The Morgan fingerprint density at radius 1 is 0.540 bits per heavy atom. The molecule has 0 radical (unpaired) electrons. The van der Waals surface area contributed by atoms with E-state index in [9.17, 15) is 0 Å². The van der Waals surface area contributed by atoms with E-state index in [-0.39, 0.29) is 33.4 Å².